The molecule has 1 aliphatic carbocycles. The van der Waals surface area contributed by atoms with Gasteiger partial charge in [-0.05, 0) is 97.7 Å². The Morgan fingerprint density at radius 1 is 0.941 bits per heavy atom. The van der Waals surface area contributed by atoms with Crippen molar-refractivity contribution in [2.45, 2.75) is 128 Å². The number of halogens is 3. The number of benzene rings is 4. The van der Waals surface area contributed by atoms with Gasteiger partial charge in [0.15, 0.2) is 5.75 Å². The van der Waals surface area contributed by atoms with Crippen LogP contribution in [0.25, 0.3) is 54.6 Å². The van der Waals surface area contributed by atoms with E-state index in [1.807, 2.05) is 69.3 Å². The van der Waals surface area contributed by atoms with Crippen molar-refractivity contribution in [3.63, 3.8) is 0 Å². The van der Waals surface area contributed by atoms with Gasteiger partial charge in [-0.15, -0.1) is 16.4 Å². The number of alkyl halides is 2. The van der Waals surface area contributed by atoms with Crippen molar-refractivity contribution in [1.82, 2.24) is 60.6 Å². The van der Waals surface area contributed by atoms with Crippen molar-refractivity contribution in [1.29, 1.82) is 0 Å². The van der Waals surface area contributed by atoms with Crippen LogP contribution in [0.2, 0.25) is 0 Å². The average molecular weight is 1180 g/mol. The maximum absolute atomic E-state index is 16.2. The molecule has 5 N–H and O–H groups in total. The van der Waals surface area contributed by atoms with Crippen LogP contribution in [0.3, 0.4) is 0 Å². The highest BCUT2D eigenvalue weighted by Gasteiger charge is 2.44. The van der Waals surface area contributed by atoms with Gasteiger partial charge in [-0.3, -0.25) is 19.6 Å². The summed E-state index contributed by atoms with van der Waals surface area (Å²) < 4.78 is 58.3. The number of likely N-dealkylation sites (tertiary alicyclic amines) is 2. The molecule has 0 spiro atoms. The molecule has 2 amide bonds. The number of nitrogens with zero attached hydrogens (tertiary/aromatic N) is 10. The van der Waals surface area contributed by atoms with Gasteiger partial charge in [0, 0.05) is 78.7 Å². The Balaban J connectivity index is 0.786. The molecule has 23 heteroatoms. The van der Waals surface area contributed by atoms with Crippen LogP contribution in [0.15, 0.2) is 78.6 Å². The highest BCUT2D eigenvalue weighted by Crippen LogP contribution is 2.54. The van der Waals surface area contributed by atoms with Gasteiger partial charge in [0.2, 0.25) is 11.8 Å². The standard InChI is InChI=1S/C62H68F3N13O6S/c1-32(2)56(61(82)77-26-42(80)20-51(77)60(81)69-50(29-79)38-11-13-39(14-12-38)58-34(4)67-31-85-58)78-27-49(73-74-78)37-7-5-35(6-8-37)30-83-57-54(53-33(3)47(63)22-48-46(53)24-68-72-48)44(36-9-10-36)21-45-55(57)70-62(71-59(45)76-25-40-19-41(76)23-66-40)84-43-15-17-75(18-16-43)28-52(64)65/h5-8,11-14,21-22,24,27,31-32,36,40-43,50-52,56,66,79-80H,9-10,15-20,23,25-26,28-30H2,1-4H3,(H,68,72)(H,69,81)/t40-,41-,42+,50?,51-,56?/m0/s1. The van der Waals surface area contributed by atoms with Gasteiger partial charge < -0.3 is 40.1 Å². The van der Waals surface area contributed by atoms with Crippen LogP contribution in [0, 0.1) is 25.6 Å². The number of hydrogen-bond donors (Lipinski definition) is 5. The zero-order valence-electron chi connectivity index (χ0n) is 47.7. The fourth-order valence-corrected chi connectivity index (χ4v) is 13.9. The lowest BCUT2D eigenvalue weighted by Crippen LogP contribution is -2.50. The number of thiazole rings is 1. The minimum absolute atomic E-state index is 0.0287. The Kier molecular flexibility index (Phi) is 15.5. The van der Waals surface area contributed by atoms with E-state index in [1.165, 1.54) is 27.0 Å². The van der Waals surface area contributed by atoms with E-state index in [-0.39, 0.29) is 62.7 Å². The summed E-state index contributed by atoms with van der Waals surface area (Å²) in [4.78, 5) is 50.0. The molecule has 4 aliphatic heterocycles. The molecule has 4 saturated heterocycles. The summed E-state index contributed by atoms with van der Waals surface area (Å²) in [6, 6.07) is 16.9. The molecular weight excluding hydrogens is 1110 g/mol. The third-order valence-electron chi connectivity index (χ3n) is 17.7. The maximum atomic E-state index is 16.2. The number of piperidine rings is 1. The van der Waals surface area contributed by atoms with Gasteiger partial charge in [-0.1, -0.05) is 67.6 Å². The topological polar surface area (TPSA) is 225 Å². The first-order valence-electron chi connectivity index (χ1n) is 29.4. The average Bonchev–Trinajstić information content (AvgIpc) is 2.32. The number of aliphatic hydroxyl groups is 2. The smallest absolute Gasteiger partial charge is 0.319 e. The normalized spacial score (nSPS) is 20.8. The van der Waals surface area contributed by atoms with E-state index in [2.05, 4.69) is 47.1 Å². The number of anilines is 1. The molecule has 1 saturated carbocycles. The number of carbonyl (C=O) groups excluding carboxylic acids is 2. The van der Waals surface area contributed by atoms with Gasteiger partial charge in [0.25, 0.3) is 6.43 Å². The minimum atomic E-state index is -2.42. The number of hydrogen-bond acceptors (Lipinski definition) is 16. The molecule has 2 unspecified atom stereocenters. The molecule has 8 heterocycles. The van der Waals surface area contributed by atoms with E-state index >= 15 is 4.39 Å². The minimum Gasteiger partial charge on any atom is -0.486 e. The Labute approximate surface area is 493 Å². The molecule has 13 rings (SSSR count). The number of β-amino-alcohol motifs (C(OH)–C–C–N with tert-alkyl or cyclic N) is 1. The van der Waals surface area contributed by atoms with E-state index in [0.717, 1.165) is 87.3 Å². The van der Waals surface area contributed by atoms with Crippen molar-refractivity contribution in [2.24, 2.45) is 5.92 Å². The fourth-order valence-electron chi connectivity index (χ4n) is 13.1. The van der Waals surface area contributed by atoms with Gasteiger partial charge in [-0.2, -0.15) is 15.1 Å². The van der Waals surface area contributed by atoms with Crippen LogP contribution in [-0.2, 0) is 16.2 Å². The van der Waals surface area contributed by atoms with Crippen molar-refractivity contribution < 1.29 is 42.4 Å². The summed E-state index contributed by atoms with van der Waals surface area (Å²) in [5.41, 5.74) is 10.3. The number of ether oxygens (including phenoxy) is 2. The predicted octanol–water partition coefficient (Wildman–Crippen LogP) is 8.43. The van der Waals surface area contributed by atoms with Crippen molar-refractivity contribution in [3.8, 4) is 44.6 Å². The molecular formula is C62H68F3N13O6S. The first-order valence-corrected chi connectivity index (χ1v) is 30.3. The summed E-state index contributed by atoms with van der Waals surface area (Å²) in [5.74, 6) is -0.197. The molecule has 0 radical (unpaired) electrons. The first-order chi connectivity index (χ1) is 41.2. The lowest BCUT2D eigenvalue weighted by atomic mass is 9.88. The molecule has 4 aromatic carbocycles. The summed E-state index contributed by atoms with van der Waals surface area (Å²) >= 11 is 1.53. The highest BCUT2D eigenvalue weighted by atomic mass is 32.1. The third kappa shape index (κ3) is 11.2. The van der Waals surface area contributed by atoms with Crippen LogP contribution in [0.1, 0.15) is 98.3 Å². The van der Waals surface area contributed by atoms with Gasteiger partial charge in [0.1, 0.15) is 47.6 Å². The number of aliphatic hydroxyl groups excluding tert-OH is 2. The van der Waals surface area contributed by atoms with Crippen molar-refractivity contribution in [3.05, 3.63) is 112 Å². The summed E-state index contributed by atoms with van der Waals surface area (Å²) in [6.45, 7) is 9.34. The first kappa shape index (κ1) is 56.6. The number of carbonyl (C=O) groups is 2. The van der Waals surface area contributed by atoms with E-state index in [9.17, 15) is 28.6 Å². The number of aromatic nitrogens is 8. The van der Waals surface area contributed by atoms with Crippen LogP contribution in [0.4, 0.5) is 19.0 Å². The van der Waals surface area contributed by atoms with E-state index < -0.39 is 48.3 Å². The van der Waals surface area contributed by atoms with E-state index in [0.29, 0.717) is 71.1 Å². The largest absolute Gasteiger partial charge is 0.486 e. The van der Waals surface area contributed by atoms with Crippen molar-refractivity contribution >= 4 is 50.8 Å². The number of aryl methyl sites for hydroxylation is 1. The van der Waals surface area contributed by atoms with Crippen LogP contribution >= 0.6 is 11.3 Å². The van der Waals surface area contributed by atoms with Gasteiger partial charge in [0.05, 0.1) is 59.3 Å². The Morgan fingerprint density at radius 3 is 2.40 bits per heavy atom. The molecule has 444 valence electrons. The number of rotatable bonds is 19. The van der Waals surface area contributed by atoms with Crippen LogP contribution in [-0.4, -0.2) is 155 Å². The number of H-pyrrole nitrogens is 1. The lowest BCUT2D eigenvalue weighted by molar-refractivity contribution is -0.142. The summed E-state index contributed by atoms with van der Waals surface area (Å²) in [6.07, 6.45) is 3.71. The second kappa shape index (κ2) is 23.4. The Morgan fingerprint density at radius 2 is 1.72 bits per heavy atom. The molecule has 5 fully saturated rings. The summed E-state index contributed by atoms with van der Waals surface area (Å²) in [7, 11) is 0. The van der Waals surface area contributed by atoms with E-state index in [4.69, 9.17) is 19.4 Å². The van der Waals surface area contributed by atoms with Crippen molar-refractivity contribution in [2.75, 3.05) is 50.8 Å². The quantitative estimate of drug-likeness (QED) is 0.0512. The molecule has 8 aromatic rings. The second-order valence-corrected chi connectivity index (χ2v) is 24.7. The van der Waals surface area contributed by atoms with E-state index in [1.54, 1.807) is 29.7 Å². The number of fused-ring (bicyclic) bond motifs is 4. The number of nitrogens with one attached hydrogen (secondary N) is 3. The molecule has 2 bridgehead atoms. The second-order valence-electron chi connectivity index (χ2n) is 23.8. The summed E-state index contributed by atoms with van der Waals surface area (Å²) in [5, 5.41) is 45.8. The molecule has 4 aromatic heterocycles. The zero-order chi connectivity index (χ0) is 58.8. The molecule has 85 heavy (non-hydrogen) atoms. The number of aromatic amines is 1. The third-order valence-corrected chi connectivity index (χ3v) is 18.7. The maximum Gasteiger partial charge on any atom is 0.319 e. The molecule has 6 atom stereocenters. The SMILES string of the molecule is Cc1ncsc1-c1ccc(C(CO)NC(=O)[C@@H]2C[C@@H](O)CN2C(=O)C(C(C)C)n2cc(-c3ccc(COc4c(-c5c(C)c(F)cc6[nH]ncc56)c(C5CC5)cc5c(N6C[C@@H]7C[C@H]6CN7)nc(OC6CCN(CC(F)F)CC6)nc45)cc3)nn2)cc1. The van der Waals surface area contributed by atoms with Crippen LogP contribution < -0.4 is 25.0 Å². The molecule has 19 nitrogen and oxygen atoms in total. The Bertz CT molecular complexity index is 3770. The molecule has 5 aliphatic rings. The number of amides is 2. The highest BCUT2D eigenvalue weighted by molar-refractivity contribution is 7.13. The number of piperazine rings is 1. The van der Waals surface area contributed by atoms with Gasteiger partial charge >= 0.3 is 6.01 Å². The predicted molar refractivity (Wildman–Crippen MR) is 315 cm³/mol. The lowest BCUT2D eigenvalue weighted by Gasteiger charge is -2.32. The van der Waals surface area contributed by atoms with Gasteiger partial charge in [-0.25, -0.2) is 22.8 Å². The fraction of sp³-hybridized carbons (Fsp3) is 0.452. The van der Waals surface area contributed by atoms with Crippen LogP contribution in [0.5, 0.6) is 11.8 Å². The monoisotopic (exact) mass is 1180 g/mol. The Hall–Kier alpha value is -7.57. The zero-order valence-corrected chi connectivity index (χ0v) is 48.5.